The Morgan fingerprint density at radius 2 is 2.00 bits per heavy atom. The van der Waals surface area contributed by atoms with Crippen LogP contribution in [0.25, 0.3) is 18.3 Å². The quantitative estimate of drug-likeness (QED) is 0.421. The fraction of sp³-hybridized carbons (Fsp3) is 0.320. The Labute approximate surface area is 210 Å². The number of thiazole rings is 1. The summed E-state index contributed by atoms with van der Waals surface area (Å²) in [6.07, 6.45) is 7.72. The Kier molecular flexibility index (Phi) is 5.45. The number of nitrogens with zero attached hydrogens (tertiary/aromatic N) is 7. The summed E-state index contributed by atoms with van der Waals surface area (Å²) in [4.78, 5) is 28.4. The summed E-state index contributed by atoms with van der Waals surface area (Å²) in [5, 5.41) is 18.4. The SMILES string of the molecule is C=c1[nH]c(=O)s/c1=C\c1cnn2c(NC3CC3)c(C)c(N3CCN(c4ncccc4C#N)CC3)nc12. The monoisotopic (exact) mass is 499 g/mol. The second-order valence-electron chi connectivity index (χ2n) is 9.13. The average molecular weight is 500 g/mol. The standard InChI is InChI=1S/C25H25N9OS/c1-15-21(32-8-10-33(11-9-32)23-17(13-26)4-3-7-27-23)31-24-18(12-20-16(2)29-25(35)36-20)14-28-34(24)22(15)30-19-5-6-19/h3-4,7,12,14,19,30H,2,5-6,8-11H2,1H3,(H,29,35)/b20-12-. The number of aromatic nitrogens is 5. The first-order chi connectivity index (χ1) is 17.5. The Morgan fingerprint density at radius 3 is 2.67 bits per heavy atom. The summed E-state index contributed by atoms with van der Waals surface area (Å²) in [5.74, 6) is 2.60. The van der Waals surface area contributed by atoms with E-state index in [1.165, 1.54) is 0 Å². The van der Waals surface area contributed by atoms with Gasteiger partial charge in [0.05, 0.1) is 21.6 Å². The van der Waals surface area contributed by atoms with Gasteiger partial charge in [-0.2, -0.15) is 14.9 Å². The van der Waals surface area contributed by atoms with Crippen molar-refractivity contribution in [3.8, 4) is 6.07 Å². The van der Waals surface area contributed by atoms with E-state index in [9.17, 15) is 10.1 Å². The number of fused-ring (bicyclic) bond motifs is 1. The lowest BCUT2D eigenvalue weighted by Gasteiger charge is -2.37. The van der Waals surface area contributed by atoms with Crippen LogP contribution in [0.4, 0.5) is 17.5 Å². The van der Waals surface area contributed by atoms with Crippen LogP contribution >= 0.6 is 11.3 Å². The minimum atomic E-state index is -0.131. The number of H-pyrrole nitrogens is 1. The summed E-state index contributed by atoms with van der Waals surface area (Å²) >= 11 is 1.13. The van der Waals surface area contributed by atoms with Gasteiger partial charge < -0.3 is 20.1 Å². The highest BCUT2D eigenvalue weighted by molar-refractivity contribution is 7.07. The van der Waals surface area contributed by atoms with Crippen molar-refractivity contribution >= 4 is 47.1 Å². The highest BCUT2D eigenvalue weighted by Crippen LogP contribution is 2.33. The minimum absolute atomic E-state index is 0.131. The van der Waals surface area contributed by atoms with Gasteiger partial charge in [-0.3, -0.25) is 4.79 Å². The molecule has 0 amide bonds. The third-order valence-electron chi connectivity index (χ3n) is 6.63. The van der Waals surface area contributed by atoms with Gasteiger partial charge in [0, 0.05) is 49.5 Å². The largest absolute Gasteiger partial charge is 0.367 e. The number of nitriles is 1. The second-order valence-corrected chi connectivity index (χ2v) is 10.1. The van der Waals surface area contributed by atoms with Gasteiger partial charge in [0.15, 0.2) is 5.65 Å². The van der Waals surface area contributed by atoms with Crippen LogP contribution in [0.2, 0.25) is 0 Å². The van der Waals surface area contributed by atoms with Gasteiger partial charge in [0.2, 0.25) is 0 Å². The van der Waals surface area contributed by atoms with Gasteiger partial charge in [-0.15, -0.1) is 0 Å². The molecule has 0 atom stereocenters. The van der Waals surface area contributed by atoms with E-state index in [2.05, 4.69) is 49.8 Å². The van der Waals surface area contributed by atoms with E-state index < -0.39 is 0 Å². The number of anilines is 3. The Balaban J connectivity index is 1.38. The van der Waals surface area contributed by atoms with Crippen LogP contribution in [0.15, 0.2) is 29.3 Å². The zero-order chi connectivity index (χ0) is 24.8. The smallest absolute Gasteiger partial charge is 0.305 e. The Morgan fingerprint density at radius 1 is 1.25 bits per heavy atom. The Hall–Kier alpha value is -4.17. The first kappa shape index (κ1) is 22.3. The first-order valence-electron chi connectivity index (χ1n) is 11.9. The highest BCUT2D eigenvalue weighted by Gasteiger charge is 2.28. The number of pyridine rings is 1. The van der Waals surface area contributed by atoms with Crippen LogP contribution in [0.1, 0.15) is 29.5 Å². The van der Waals surface area contributed by atoms with Crippen molar-refractivity contribution in [3.63, 3.8) is 0 Å². The second kappa shape index (κ2) is 8.80. The van der Waals surface area contributed by atoms with Crippen molar-refractivity contribution in [1.82, 2.24) is 24.6 Å². The van der Waals surface area contributed by atoms with Crippen LogP contribution in [0.3, 0.4) is 0 Å². The molecule has 2 aliphatic rings. The van der Waals surface area contributed by atoms with Gasteiger partial charge in [-0.05, 0) is 38.0 Å². The van der Waals surface area contributed by atoms with Crippen LogP contribution < -0.4 is 29.9 Å². The fourth-order valence-corrected chi connectivity index (χ4v) is 5.31. The molecule has 11 heteroatoms. The lowest BCUT2D eigenvalue weighted by Crippen LogP contribution is -2.47. The van der Waals surface area contributed by atoms with Crippen molar-refractivity contribution in [3.05, 3.63) is 60.8 Å². The topological polar surface area (TPSA) is 118 Å². The maximum absolute atomic E-state index is 11.8. The van der Waals surface area contributed by atoms with Gasteiger partial charge >= 0.3 is 4.87 Å². The van der Waals surface area contributed by atoms with Crippen molar-refractivity contribution in [2.24, 2.45) is 0 Å². The molecule has 1 aliphatic heterocycles. The molecule has 1 aliphatic carbocycles. The van der Waals surface area contributed by atoms with Crippen molar-refractivity contribution in [2.45, 2.75) is 25.8 Å². The first-order valence-corrected chi connectivity index (χ1v) is 12.7. The van der Waals surface area contributed by atoms with Gasteiger partial charge in [0.25, 0.3) is 0 Å². The van der Waals surface area contributed by atoms with E-state index in [0.29, 0.717) is 17.0 Å². The molecule has 10 nitrogen and oxygen atoms in total. The zero-order valence-corrected chi connectivity index (χ0v) is 20.7. The summed E-state index contributed by atoms with van der Waals surface area (Å²) in [7, 11) is 0. The van der Waals surface area contributed by atoms with E-state index in [-0.39, 0.29) is 4.87 Å². The van der Waals surface area contributed by atoms with Gasteiger partial charge in [0.1, 0.15) is 23.5 Å². The summed E-state index contributed by atoms with van der Waals surface area (Å²) in [5.41, 5.74) is 3.21. The molecule has 1 saturated carbocycles. The number of rotatable bonds is 5. The maximum Gasteiger partial charge on any atom is 0.305 e. The van der Waals surface area contributed by atoms with E-state index in [1.54, 1.807) is 24.5 Å². The number of aromatic amines is 1. The molecule has 0 aromatic carbocycles. The van der Waals surface area contributed by atoms with Crippen molar-refractivity contribution in [2.75, 3.05) is 41.3 Å². The predicted octanol–water partition coefficient (Wildman–Crippen LogP) is 1.19. The predicted molar refractivity (Wildman–Crippen MR) is 141 cm³/mol. The van der Waals surface area contributed by atoms with Crippen molar-refractivity contribution in [1.29, 1.82) is 5.26 Å². The lowest BCUT2D eigenvalue weighted by atomic mass is 10.2. The van der Waals surface area contributed by atoms with Crippen molar-refractivity contribution < 1.29 is 0 Å². The molecule has 0 radical (unpaired) electrons. The molecule has 0 unspecified atom stereocenters. The van der Waals surface area contributed by atoms with E-state index in [0.717, 1.165) is 89.1 Å². The molecular weight excluding hydrogens is 474 g/mol. The molecule has 2 N–H and O–H groups in total. The lowest BCUT2D eigenvalue weighted by molar-refractivity contribution is 0.639. The zero-order valence-electron chi connectivity index (χ0n) is 19.9. The molecule has 36 heavy (non-hydrogen) atoms. The summed E-state index contributed by atoms with van der Waals surface area (Å²) in [6, 6.07) is 6.29. The van der Waals surface area contributed by atoms with Gasteiger partial charge in [-0.1, -0.05) is 17.9 Å². The maximum atomic E-state index is 11.8. The molecule has 1 saturated heterocycles. The molecule has 4 aromatic heterocycles. The molecule has 182 valence electrons. The number of hydrogen-bond acceptors (Lipinski definition) is 9. The molecule has 0 spiro atoms. The normalized spacial score (nSPS) is 16.5. The van der Waals surface area contributed by atoms with E-state index in [4.69, 9.17) is 4.98 Å². The average Bonchev–Trinajstić information content (AvgIpc) is 3.54. The third-order valence-corrected chi connectivity index (χ3v) is 7.50. The van der Waals surface area contributed by atoms with Crippen LogP contribution in [-0.2, 0) is 0 Å². The molecule has 0 bridgehead atoms. The fourth-order valence-electron chi connectivity index (χ4n) is 4.58. The number of nitrogens with one attached hydrogen (secondary N) is 2. The molecule has 4 aromatic rings. The van der Waals surface area contributed by atoms with Gasteiger partial charge in [-0.25, -0.2) is 9.97 Å². The number of piperazine rings is 1. The molecular formula is C25H25N9OS. The Bertz CT molecular complexity index is 1670. The van der Waals surface area contributed by atoms with E-state index in [1.807, 2.05) is 10.6 Å². The third kappa shape index (κ3) is 3.99. The van der Waals surface area contributed by atoms with Crippen LogP contribution in [0.5, 0.6) is 0 Å². The summed E-state index contributed by atoms with van der Waals surface area (Å²) in [6.45, 7) is 9.02. The molecule has 2 fully saturated rings. The minimum Gasteiger partial charge on any atom is -0.367 e. The molecule has 6 rings (SSSR count). The van der Waals surface area contributed by atoms with Crippen LogP contribution in [-0.4, -0.2) is 56.8 Å². The highest BCUT2D eigenvalue weighted by atomic mass is 32.1. The molecule has 5 heterocycles. The number of hydrogen-bond donors (Lipinski definition) is 2. The van der Waals surface area contributed by atoms with E-state index >= 15 is 0 Å². The van der Waals surface area contributed by atoms with Crippen LogP contribution in [0, 0.1) is 18.3 Å². The summed E-state index contributed by atoms with van der Waals surface area (Å²) < 4.78 is 2.64.